The minimum Gasteiger partial charge on any atom is -0.506 e. The normalized spacial score (nSPS) is 10.2. The lowest BCUT2D eigenvalue weighted by Gasteiger charge is -2.06. The van der Waals surface area contributed by atoms with E-state index in [1.165, 1.54) is 18.2 Å². The fourth-order valence-corrected chi connectivity index (χ4v) is 1.71. The molecule has 2 aromatic rings. The van der Waals surface area contributed by atoms with Crippen LogP contribution in [0.5, 0.6) is 11.5 Å². The molecule has 108 valence electrons. The number of halogens is 2. The molecule has 5 nitrogen and oxygen atoms in total. The molecule has 2 N–H and O–H groups in total. The fraction of sp³-hybridized carbons (Fsp3) is 0. The van der Waals surface area contributed by atoms with Gasteiger partial charge in [0.2, 0.25) is 0 Å². The van der Waals surface area contributed by atoms with E-state index in [1.807, 2.05) is 0 Å². The number of carbonyl (C=O) groups excluding carboxylic acids is 1. The molecular weight excluding hydrogens is 303 g/mol. The Kier molecular flexibility index (Phi) is 4.09. The molecule has 0 radical (unpaired) electrons. The van der Waals surface area contributed by atoms with Gasteiger partial charge in [0.15, 0.2) is 0 Å². The van der Waals surface area contributed by atoms with Gasteiger partial charge in [0.25, 0.3) is 0 Å². The second kappa shape index (κ2) is 5.80. The largest absolute Gasteiger partial charge is 0.506 e. The number of hydrogen-bond donors (Lipinski definition) is 2. The summed E-state index contributed by atoms with van der Waals surface area (Å²) < 4.78 is 18.3. The van der Waals surface area contributed by atoms with Crippen molar-refractivity contribution in [1.82, 2.24) is 0 Å². The minimum atomic E-state index is -1.42. The molecule has 0 aliphatic carbocycles. The number of phenolic OH excluding ortho intramolecular Hbond substituents is 1. The molecule has 0 saturated carbocycles. The van der Waals surface area contributed by atoms with Crippen molar-refractivity contribution in [2.24, 2.45) is 0 Å². The Morgan fingerprint density at radius 1 is 1.14 bits per heavy atom. The standard InChI is InChI=1S/C14H8ClFO5/c15-10-5-7(1-4-12(10)17)14(20)21-8-2-3-9(13(18)19)11(16)6-8/h1-6,17H,(H,18,19). The molecule has 0 unspecified atom stereocenters. The molecule has 7 heteroatoms. The Balaban J connectivity index is 2.21. The number of aromatic hydroxyl groups is 1. The quantitative estimate of drug-likeness (QED) is 0.672. The molecule has 0 spiro atoms. The summed E-state index contributed by atoms with van der Waals surface area (Å²) >= 11 is 5.66. The van der Waals surface area contributed by atoms with E-state index in [4.69, 9.17) is 21.4 Å². The van der Waals surface area contributed by atoms with Gasteiger partial charge < -0.3 is 14.9 Å². The smallest absolute Gasteiger partial charge is 0.343 e. The van der Waals surface area contributed by atoms with Gasteiger partial charge in [-0.15, -0.1) is 0 Å². The summed E-state index contributed by atoms with van der Waals surface area (Å²) in [5.74, 6) is -3.59. The molecule has 0 fully saturated rings. The van der Waals surface area contributed by atoms with E-state index in [0.717, 1.165) is 18.2 Å². The van der Waals surface area contributed by atoms with Gasteiger partial charge in [-0.2, -0.15) is 0 Å². The Hall–Kier alpha value is -2.60. The summed E-state index contributed by atoms with van der Waals surface area (Å²) in [4.78, 5) is 22.5. The molecule has 0 atom stereocenters. The van der Waals surface area contributed by atoms with E-state index < -0.39 is 23.3 Å². The van der Waals surface area contributed by atoms with Gasteiger partial charge in [0.05, 0.1) is 16.1 Å². The second-order valence-corrected chi connectivity index (χ2v) is 4.41. The minimum absolute atomic E-state index is 0.0307. The fourth-order valence-electron chi connectivity index (χ4n) is 1.53. The highest BCUT2D eigenvalue weighted by atomic mass is 35.5. The van der Waals surface area contributed by atoms with Crippen LogP contribution >= 0.6 is 11.6 Å². The summed E-state index contributed by atoms with van der Waals surface area (Å²) in [7, 11) is 0. The SMILES string of the molecule is O=C(Oc1ccc(C(=O)O)c(F)c1)c1ccc(O)c(Cl)c1. The van der Waals surface area contributed by atoms with Crippen LogP contribution in [-0.2, 0) is 0 Å². The number of aromatic carboxylic acids is 1. The van der Waals surface area contributed by atoms with E-state index >= 15 is 0 Å². The van der Waals surface area contributed by atoms with Gasteiger partial charge in [-0.3, -0.25) is 0 Å². The highest BCUT2D eigenvalue weighted by Gasteiger charge is 2.14. The van der Waals surface area contributed by atoms with Crippen LogP contribution in [-0.4, -0.2) is 22.2 Å². The van der Waals surface area contributed by atoms with Crippen molar-refractivity contribution in [3.8, 4) is 11.5 Å². The third kappa shape index (κ3) is 3.29. The van der Waals surface area contributed by atoms with E-state index in [-0.39, 0.29) is 22.1 Å². The van der Waals surface area contributed by atoms with Crippen molar-refractivity contribution in [3.05, 3.63) is 58.4 Å². The van der Waals surface area contributed by atoms with Crippen molar-refractivity contribution in [1.29, 1.82) is 0 Å². The van der Waals surface area contributed by atoms with Crippen LogP contribution in [0.15, 0.2) is 36.4 Å². The highest BCUT2D eigenvalue weighted by molar-refractivity contribution is 6.32. The van der Waals surface area contributed by atoms with Crippen LogP contribution in [0.25, 0.3) is 0 Å². The molecule has 0 aliphatic rings. The van der Waals surface area contributed by atoms with Crippen LogP contribution < -0.4 is 4.74 Å². The maximum Gasteiger partial charge on any atom is 0.343 e. The van der Waals surface area contributed by atoms with E-state index in [1.54, 1.807) is 0 Å². The Morgan fingerprint density at radius 3 is 2.43 bits per heavy atom. The van der Waals surface area contributed by atoms with Crippen LogP contribution in [0.4, 0.5) is 4.39 Å². The molecule has 0 saturated heterocycles. The van der Waals surface area contributed by atoms with Crippen LogP contribution in [0, 0.1) is 5.82 Å². The van der Waals surface area contributed by atoms with Gasteiger partial charge in [0.1, 0.15) is 17.3 Å². The molecule has 21 heavy (non-hydrogen) atoms. The summed E-state index contributed by atoms with van der Waals surface area (Å²) in [6.07, 6.45) is 0. The number of phenols is 1. The second-order valence-electron chi connectivity index (χ2n) is 4.00. The first-order valence-corrected chi connectivity index (χ1v) is 6.00. The lowest BCUT2D eigenvalue weighted by Crippen LogP contribution is -2.09. The molecular formula is C14H8ClFO5. The third-order valence-corrected chi connectivity index (χ3v) is 2.87. The molecule has 2 aromatic carbocycles. The van der Waals surface area contributed by atoms with E-state index in [0.29, 0.717) is 0 Å². The molecule has 0 aliphatic heterocycles. The van der Waals surface area contributed by atoms with Gasteiger partial charge in [-0.05, 0) is 30.3 Å². The molecule has 0 aromatic heterocycles. The molecule has 2 rings (SSSR count). The van der Waals surface area contributed by atoms with Crippen molar-refractivity contribution < 1.29 is 28.9 Å². The Bertz CT molecular complexity index is 729. The topological polar surface area (TPSA) is 83.8 Å². The zero-order valence-electron chi connectivity index (χ0n) is 10.3. The summed E-state index contributed by atoms with van der Waals surface area (Å²) in [5.41, 5.74) is -0.469. The predicted octanol–water partition coefficient (Wildman–Crippen LogP) is 3.10. The lowest BCUT2D eigenvalue weighted by molar-refractivity contribution is 0.0691. The average molecular weight is 311 g/mol. The van der Waals surface area contributed by atoms with Crippen molar-refractivity contribution in [2.75, 3.05) is 0 Å². The number of benzene rings is 2. The number of rotatable bonds is 3. The summed E-state index contributed by atoms with van der Waals surface area (Å²) in [6.45, 7) is 0. The monoisotopic (exact) mass is 310 g/mol. The van der Waals surface area contributed by atoms with Crippen LogP contribution in [0.1, 0.15) is 20.7 Å². The van der Waals surface area contributed by atoms with Gasteiger partial charge in [-0.1, -0.05) is 11.6 Å². The summed E-state index contributed by atoms with van der Waals surface area (Å²) in [5, 5.41) is 17.9. The van der Waals surface area contributed by atoms with Gasteiger partial charge >= 0.3 is 11.9 Å². The zero-order valence-corrected chi connectivity index (χ0v) is 11.1. The van der Waals surface area contributed by atoms with Crippen molar-refractivity contribution >= 4 is 23.5 Å². The van der Waals surface area contributed by atoms with Crippen molar-refractivity contribution in [3.63, 3.8) is 0 Å². The third-order valence-electron chi connectivity index (χ3n) is 2.56. The first kappa shape index (κ1) is 14.8. The number of carbonyl (C=O) groups is 2. The molecule has 0 bridgehead atoms. The van der Waals surface area contributed by atoms with E-state index in [2.05, 4.69) is 0 Å². The van der Waals surface area contributed by atoms with Crippen molar-refractivity contribution in [2.45, 2.75) is 0 Å². The van der Waals surface area contributed by atoms with Crippen LogP contribution in [0.2, 0.25) is 5.02 Å². The van der Waals surface area contributed by atoms with Gasteiger partial charge in [0, 0.05) is 6.07 Å². The first-order chi connectivity index (χ1) is 9.88. The zero-order chi connectivity index (χ0) is 15.6. The maximum atomic E-state index is 13.4. The molecule has 0 amide bonds. The molecule has 0 heterocycles. The first-order valence-electron chi connectivity index (χ1n) is 5.62. The number of esters is 1. The highest BCUT2D eigenvalue weighted by Crippen LogP contribution is 2.25. The number of ether oxygens (including phenoxy) is 1. The lowest BCUT2D eigenvalue weighted by atomic mass is 10.2. The number of hydrogen-bond acceptors (Lipinski definition) is 4. The van der Waals surface area contributed by atoms with Gasteiger partial charge in [-0.25, -0.2) is 14.0 Å². The summed E-state index contributed by atoms with van der Waals surface area (Å²) in [6, 6.07) is 6.64. The Labute approximate surface area is 123 Å². The Morgan fingerprint density at radius 2 is 1.86 bits per heavy atom. The van der Waals surface area contributed by atoms with E-state index in [9.17, 15) is 19.1 Å². The number of carboxylic acids is 1. The predicted molar refractivity (Wildman–Crippen MR) is 71.4 cm³/mol. The number of carboxylic acid groups (broad SMARTS) is 1. The average Bonchev–Trinajstić information content (AvgIpc) is 2.41. The van der Waals surface area contributed by atoms with Crippen LogP contribution in [0.3, 0.4) is 0 Å². The maximum absolute atomic E-state index is 13.4.